The van der Waals surface area contributed by atoms with E-state index in [-0.39, 0.29) is 31.1 Å². The van der Waals surface area contributed by atoms with Crippen LogP contribution in [0, 0.1) is 6.92 Å². The van der Waals surface area contributed by atoms with Crippen molar-refractivity contribution < 1.29 is 29.0 Å². The van der Waals surface area contributed by atoms with Crippen LogP contribution in [0.1, 0.15) is 60.5 Å². The smallest absolute Gasteiger partial charge is 0.411 e. The van der Waals surface area contributed by atoms with Gasteiger partial charge in [-0.05, 0) is 71.8 Å². The number of ether oxygens (including phenoxy) is 2. The number of benzene rings is 3. The normalized spacial score (nSPS) is 13.0. The van der Waals surface area contributed by atoms with Gasteiger partial charge in [-0.2, -0.15) is 0 Å². The Morgan fingerprint density at radius 2 is 1.77 bits per heavy atom. The molecule has 0 radical (unpaired) electrons. The van der Waals surface area contributed by atoms with Crippen molar-refractivity contribution in [3.8, 4) is 0 Å². The van der Waals surface area contributed by atoms with Crippen molar-refractivity contribution in [3.05, 3.63) is 106 Å². The van der Waals surface area contributed by atoms with Gasteiger partial charge in [0.05, 0.1) is 19.6 Å². The number of carboxylic acids is 1. The summed E-state index contributed by atoms with van der Waals surface area (Å²) in [4.78, 5) is 51.3. The topological polar surface area (TPSA) is 173 Å². The number of fused-ring (bicyclic) bond motifs is 1. The lowest BCUT2D eigenvalue weighted by molar-refractivity contribution is -0.143. The van der Waals surface area contributed by atoms with E-state index >= 15 is 0 Å². The van der Waals surface area contributed by atoms with Crippen LogP contribution < -0.4 is 21.9 Å². The highest BCUT2D eigenvalue weighted by Crippen LogP contribution is 2.27. The van der Waals surface area contributed by atoms with Gasteiger partial charge in [-0.1, -0.05) is 43.3 Å². The monoisotopic (exact) mass is 600 g/mol. The van der Waals surface area contributed by atoms with Gasteiger partial charge >= 0.3 is 18.0 Å². The third-order valence-electron chi connectivity index (χ3n) is 7.21. The number of carbonyl (C=O) groups is 3. The minimum absolute atomic E-state index is 0.0191. The number of anilines is 2. The molecule has 11 nitrogen and oxygen atoms in total. The van der Waals surface area contributed by atoms with Crippen molar-refractivity contribution in [2.75, 3.05) is 23.8 Å². The van der Waals surface area contributed by atoms with E-state index in [4.69, 9.17) is 15.2 Å². The van der Waals surface area contributed by atoms with Crippen LogP contribution >= 0.6 is 0 Å². The predicted molar refractivity (Wildman–Crippen MR) is 168 cm³/mol. The van der Waals surface area contributed by atoms with E-state index in [1.54, 1.807) is 73.8 Å². The van der Waals surface area contributed by atoms with E-state index < -0.39 is 30.1 Å². The number of hydrogen-bond donors (Lipinski definition) is 5. The van der Waals surface area contributed by atoms with Crippen molar-refractivity contribution in [2.45, 2.75) is 45.2 Å². The molecule has 0 spiro atoms. The van der Waals surface area contributed by atoms with Gasteiger partial charge in [-0.25, -0.2) is 9.59 Å². The van der Waals surface area contributed by atoms with E-state index in [1.807, 2.05) is 19.9 Å². The number of nitrogens with one attached hydrogen (secondary N) is 3. The van der Waals surface area contributed by atoms with Crippen molar-refractivity contribution in [2.24, 2.45) is 5.73 Å². The molecule has 1 heterocycles. The fraction of sp³-hybridized carbons (Fsp3) is 0.273. The average molecular weight is 601 g/mol. The van der Waals surface area contributed by atoms with Gasteiger partial charge in [0, 0.05) is 34.9 Å². The number of pyridine rings is 1. The first-order chi connectivity index (χ1) is 21.0. The summed E-state index contributed by atoms with van der Waals surface area (Å²) < 4.78 is 10.4. The lowest BCUT2D eigenvalue weighted by Crippen LogP contribution is -2.21. The zero-order valence-corrected chi connectivity index (χ0v) is 24.8. The van der Waals surface area contributed by atoms with Crippen LogP contribution in [0.2, 0.25) is 0 Å². The first-order valence-electron chi connectivity index (χ1n) is 14.2. The van der Waals surface area contributed by atoms with Gasteiger partial charge in [0.1, 0.15) is 0 Å². The summed E-state index contributed by atoms with van der Waals surface area (Å²) in [5.74, 6) is -1.65. The Morgan fingerprint density at radius 3 is 2.50 bits per heavy atom. The maximum atomic E-state index is 12.5. The maximum Gasteiger partial charge on any atom is 0.411 e. The molecule has 0 fully saturated rings. The highest BCUT2D eigenvalue weighted by molar-refractivity contribution is 5.87. The molecule has 44 heavy (non-hydrogen) atoms. The fourth-order valence-corrected chi connectivity index (χ4v) is 4.97. The van der Waals surface area contributed by atoms with Crippen molar-refractivity contribution >= 4 is 40.2 Å². The van der Waals surface area contributed by atoms with E-state index in [9.17, 15) is 24.3 Å². The van der Waals surface area contributed by atoms with Crippen LogP contribution in [-0.4, -0.2) is 41.3 Å². The summed E-state index contributed by atoms with van der Waals surface area (Å²) in [6.07, 6.45) is 0.935. The molecule has 4 rings (SSSR count). The number of aromatic amines is 1. The summed E-state index contributed by atoms with van der Waals surface area (Å²) >= 11 is 0. The number of carboxylic acid groups (broad SMARTS) is 1. The van der Waals surface area contributed by atoms with Crippen molar-refractivity contribution in [3.63, 3.8) is 0 Å². The third kappa shape index (κ3) is 8.01. The van der Waals surface area contributed by atoms with E-state index in [0.29, 0.717) is 27.9 Å². The molecule has 0 saturated heterocycles. The zero-order valence-electron chi connectivity index (χ0n) is 24.8. The van der Waals surface area contributed by atoms with Gasteiger partial charge < -0.3 is 30.6 Å². The second-order valence-electron chi connectivity index (χ2n) is 10.5. The molecule has 0 bridgehead atoms. The molecule has 6 N–H and O–H groups in total. The number of H-pyrrole nitrogens is 1. The quantitative estimate of drug-likeness (QED) is 0.134. The zero-order chi connectivity index (χ0) is 31.8. The molecule has 1 amide bonds. The number of aryl methyl sites for hydroxylation is 1. The van der Waals surface area contributed by atoms with Gasteiger partial charge in [0.25, 0.3) is 5.56 Å². The number of nitrogens with two attached hydrogens (primary N) is 1. The molecule has 230 valence electrons. The second kappa shape index (κ2) is 14.3. The number of hydrogen-bond acceptors (Lipinski definition) is 8. The number of rotatable bonds is 12. The van der Waals surface area contributed by atoms with E-state index in [2.05, 4.69) is 15.6 Å². The largest absolute Gasteiger partial charge is 0.479 e. The first kappa shape index (κ1) is 31.8. The third-order valence-corrected chi connectivity index (χ3v) is 7.21. The Kier molecular flexibility index (Phi) is 10.4. The Balaban J connectivity index is 1.37. The van der Waals surface area contributed by atoms with Crippen LogP contribution in [0.4, 0.5) is 16.2 Å². The molecule has 0 aliphatic rings. The highest BCUT2D eigenvalue weighted by atomic mass is 16.5. The summed E-state index contributed by atoms with van der Waals surface area (Å²) in [7, 11) is 0. The number of aromatic nitrogens is 1. The lowest BCUT2D eigenvalue weighted by Gasteiger charge is -2.20. The number of aliphatic carboxylic acids is 1. The average Bonchev–Trinajstić information content (AvgIpc) is 2.99. The van der Waals surface area contributed by atoms with Crippen molar-refractivity contribution in [1.82, 2.24) is 4.98 Å². The molecule has 0 saturated carbocycles. The van der Waals surface area contributed by atoms with Crippen LogP contribution in [-0.2, 0) is 19.1 Å². The second-order valence-corrected chi connectivity index (χ2v) is 10.5. The molecule has 0 aliphatic heterocycles. The SMILES string of the molecule is CCOC(=O)C[C@@H](N)c1cccc(NC(=O)OC[C@H](C)c2ccc(C(Nc3ccc4cc[nH]c(=O)c4c3)C(=O)O)cc2C)c1. The fourth-order valence-electron chi connectivity index (χ4n) is 4.97. The highest BCUT2D eigenvalue weighted by Gasteiger charge is 2.22. The molecular weight excluding hydrogens is 564 g/mol. The minimum atomic E-state index is -1.07. The van der Waals surface area contributed by atoms with Gasteiger partial charge in [0.15, 0.2) is 6.04 Å². The Hall–Kier alpha value is -5.16. The Morgan fingerprint density at radius 1 is 0.977 bits per heavy atom. The van der Waals surface area contributed by atoms with E-state index in [1.165, 1.54) is 0 Å². The molecule has 3 aromatic carbocycles. The summed E-state index contributed by atoms with van der Waals surface area (Å²) in [6, 6.07) is 17.5. The van der Waals surface area contributed by atoms with Crippen molar-refractivity contribution in [1.29, 1.82) is 0 Å². The molecule has 3 atom stereocenters. The van der Waals surface area contributed by atoms with E-state index in [0.717, 1.165) is 16.5 Å². The Labute approximate surface area is 254 Å². The van der Waals surface area contributed by atoms with Crippen LogP contribution in [0.15, 0.2) is 77.7 Å². The summed E-state index contributed by atoms with van der Waals surface area (Å²) in [6.45, 7) is 5.86. The molecule has 0 aliphatic carbocycles. The van der Waals surface area contributed by atoms with Gasteiger partial charge in [-0.3, -0.25) is 14.9 Å². The Bertz CT molecular complexity index is 1720. The van der Waals surface area contributed by atoms with Gasteiger partial charge in [0.2, 0.25) is 0 Å². The lowest BCUT2D eigenvalue weighted by atomic mass is 9.93. The molecule has 1 unspecified atom stereocenters. The predicted octanol–water partition coefficient (Wildman–Crippen LogP) is 5.38. The maximum absolute atomic E-state index is 12.5. The van der Waals surface area contributed by atoms with Crippen LogP contribution in [0.25, 0.3) is 10.8 Å². The first-order valence-corrected chi connectivity index (χ1v) is 14.2. The summed E-state index contributed by atoms with van der Waals surface area (Å²) in [5, 5.41) is 16.9. The molecular formula is C33H36N4O7. The van der Waals surface area contributed by atoms with Crippen LogP contribution in [0.5, 0.6) is 0 Å². The molecule has 11 heteroatoms. The number of esters is 1. The molecule has 4 aromatic rings. The molecule has 1 aromatic heterocycles. The minimum Gasteiger partial charge on any atom is -0.479 e. The summed E-state index contributed by atoms with van der Waals surface area (Å²) in [5.41, 5.74) is 9.78. The number of amides is 1. The number of carbonyl (C=O) groups excluding carboxylic acids is 2. The standard InChI is InChI=1S/C33H36N4O7/c1-4-43-29(38)17-28(34)22-6-5-7-24(15-22)37-33(42)44-18-20(3)26-11-9-23(14-19(26)2)30(32(40)41)36-25-10-8-21-12-13-35-31(39)27(21)16-25/h5-16,20,28,30,36H,4,17-18,34H2,1-3H3,(H,35,39)(H,37,42)(H,40,41)/t20-,28+,30?/m0/s1. The van der Waals surface area contributed by atoms with Crippen LogP contribution in [0.3, 0.4) is 0 Å². The van der Waals surface area contributed by atoms with Gasteiger partial charge in [-0.15, -0.1) is 0 Å².